The molecule has 21 heavy (non-hydrogen) atoms. The molecule has 0 aromatic carbocycles. The fraction of sp³-hybridized carbons (Fsp3) is 1.00. The summed E-state index contributed by atoms with van der Waals surface area (Å²) < 4.78 is 0. The molecule has 1 rings (SSSR count). The molecular weight excluding hydrogens is 254 g/mol. The SMILES string of the molecule is CCCCCCCCCCCCCCCC1CCNCC1. The normalized spacial score (nSPS) is 16.4. The molecule has 1 N–H and O–H groups in total. The summed E-state index contributed by atoms with van der Waals surface area (Å²) in [5.41, 5.74) is 0. The van der Waals surface area contributed by atoms with Crippen molar-refractivity contribution in [2.45, 2.75) is 110 Å². The van der Waals surface area contributed by atoms with Crippen molar-refractivity contribution in [2.75, 3.05) is 13.1 Å². The first-order valence-corrected chi connectivity index (χ1v) is 10.1. The second kappa shape index (κ2) is 14.9. The van der Waals surface area contributed by atoms with E-state index in [0.717, 1.165) is 5.92 Å². The van der Waals surface area contributed by atoms with E-state index < -0.39 is 0 Å². The van der Waals surface area contributed by atoms with Crippen molar-refractivity contribution >= 4 is 0 Å². The van der Waals surface area contributed by atoms with Crippen LogP contribution in [0.25, 0.3) is 0 Å². The summed E-state index contributed by atoms with van der Waals surface area (Å²) in [7, 11) is 0. The summed E-state index contributed by atoms with van der Waals surface area (Å²) >= 11 is 0. The quantitative estimate of drug-likeness (QED) is 0.362. The van der Waals surface area contributed by atoms with Crippen LogP contribution < -0.4 is 5.32 Å². The minimum absolute atomic E-state index is 1.04. The highest BCUT2D eigenvalue weighted by atomic mass is 14.9. The smallest absolute Gasteiger partial charge is 0.00463 e. The Morgan fingerprint density at radius 1 is 0.619 bits per heavy atom. The van der Waals surface area contributed by atoms with Crippen molar-refractivity contribution in [3.8, 4) is 0 Å². The third kappa shape index (κ3) is 12.2. The fourth-order valence-electron chi connectivity index (χ4n) is 3.62. The van der Waals surface area contributed by atoms with E-state index in [1.165, 1.54) is 116 Å². The Morgan fingerprint density at radius 2 is 1.05 bits per heavy atom. The van der Waals surface area contributed by atoms with Gasteiger partial charge in [0.2, 0.25) is 0 Å². The van der Waals surface area contributed by atoms with Gasteiger partial charge in [0.15, 0.2) is 0 Å². The van der Waals surface area contributed by atoms with Gasteiger partial charge in [-0.1, -0.05) is 96.8 Å². The van der Waals surface area contributed by atoms with Gasteiger partial charge in [0.25, 0.3) is 0 Å². The van der Waals surface area contributed by atoms with E-state index in [-0.39, 0.29) is 0 Å². The lowest BCUT2D eigenvalue weighted by molar-refractivity contribution is 0.342. The van der Waals surface area contributed by atoms with Gasteiger partial charge in [0, 0.05) is 0 Å². The highest BCUT2D eigenvalue weighted by Gasteiger charge is 2.11. The summed E-state index contributed by atoms with van der Waals surface area (Å²) in [4.78, 5) is 0. The lowest BCUT2D eigenvalue weighted by Gasteiger charge is -2.22. The zero-order valence-corrected chi connectivity index (χ0v) is 14.8. The molecule has 1 saturated heterocycles. The zero-order chi connectivity index (χ0) is 15.0. The lowest BCUT2D eigenvalue weighted by atomic mass is 9.92. The minimum atomic E-state index is 1.04. The second-order valence-electron chi connectivity index (χ2n) is 7.22. The largest absolute Gasteiger partial charge is 0.317 e. The fourth-order valence-corrected chi connectivity index (χ4v) is 3.62. The molecule has 126 valence electrons. The van der Waals surface area contributed by atoms with E-state index in [9.17, 15) is 0 Å². The topological polar surface area (TPSA) is 12.0 Å². The maximum atomic E-state index is 3.46. The molecule has 1 nitrogen and oxygen atoms in total. The predicted molar refractivity (Wildman–Crippen MR) is 95.9 cm³/mol. The number of hydrogen-bond acceptors (Lipinski definition) is 1. The molecule has 0 bridgehead atoms. The van der Waals surface area contributed by atoms with E-state index in [1.54, 1.807) is 0 Å². The average molecular weight is 296 g/mol. The number of piperidine rings is 1. The Balaban J connectivity index is 1.69. The summed E-state index contributed by atoms with van der Waals surface area (Å²) in [5, 5.41) is 3.46. The first-order chi connectivity index (χ1) is 10.4. The highest BCUT2D eigenvalue weighted by molar-refractivity contribution is 4.68. The van der Waals surface area contributed by atoms with Crippen LogP contribution in [0, 0.1) is 5.92 Å². The summed E-state index contributed by atoms with van der Waals surface area (Å²) in [6, 6.07) is 0. The molecule has 1 fully saturated rings. The Labute approximate surface area is 134 Å². The van der Waals surface area contributed by atoms with Gasteiger partial charge in [0.1, 0.15) is 0 Å². The molecule has 0 aliphatic carbocycles. The van der Waals surface area contributed by atoms with Gasteiger partial charge < -0.3 is 5.32 Å². The maximum absolute atomic E-state index is 3.46. The molecule has 1 heteroatoms. The third-order valence-corrected chi connectivity index (χ3v) is 5.17. The van der Waals surface area contributed by atoms with Crippen molar-refractivity contribution in [3.05, 3.63) is 0 Å². The summed E-state index contributed by atoms with van der Waals surface area (Å²) in [6.07, 6.45) is 23.5. The molecule has 0 atom stereocenters. The lowest BCUT2D eigenvalue weighted by Crippen LogP contribution is -2.27. The molecule has 0 saturated carbocycles. The van der Waals surface area contributed by atoms with Crippen molar-refractivity contribution in [3.63, 3.8) is 0 Å². The third-order valence-electron chi connectivity index (χ3n) is 5.17. The van der Waals surface area contributed by atoms with Crippen LogP contribution in [0.1, 0.15) is 110 Å². The van der Waals surface area contributed by atoms with Gasteiger partial charge in [-0.25, -0.2) is 0 Å². The van der Waals surface area contributed by atoms with E-state index in [4.69, 9.17) is 0 Å². The number of hydrogen-bond donors (Lipinski definition) is 1. The van der Waals surface area contributed by atoms with Crippen LogP contribution in [0.5, 0.6) is 0 Å². The average Bonchev–Trinajstić information content (AvgIpc) is 2.53. The van der Waals surface area contributed by atoms with Crippen molar-refractivity contribution < 1.29 is 0 Å². The molecule has 0 spiro atoms. The summed E-state index contributed by atoms with van der Waals surface area (Å²) in [6.45, 7) is 4.83. The summed E-state index contributed by atoms with van der Waals surface area (Å²) in [5.74, 6) is 1.04. The van der Waals surface area contributed by atoms with Crippen LogP contribution in [0.3, 0.4) is 0 Å². The maximum Gasteiger partial charge on any atom is -0.00463 e. The molecule has 1 aliphatic heterocycles. The van der Waals surface area contributed by atoms with Gasteiger partial charge in [-0.05, 0) is 31.8 Å². The van der Waals surface area contributed by atoms with E-state index in [0.29, 0.717) is 0 Å². The van der Waals surface area contributed by atoms with Crippen LogP contribution in [0.4, 0.5) is 0 Å². The van der Waals surface area contributed by atoms with Crippen LogP contribution in [0.15, 0.2) is 0 Å². The minimum Gasteiger partial charge on any atom is -0.317 e. The molecule has 0 amide bonds. The van der Waals surface area contributed by atoms with Crippen LogP contribution in [0.2, 0.25) is 0 Å². The molecule has 0 aromatic rings. The Morgan fingerprint density at radius 3 is 1.52 bits per heavy atom. The van der Waals surface area contributed by atoms with E-state index in [1.807, 2.05) is 0 Å². The number of unbranched alkanes of at least 4 members (excludes halogenated alkanes) is 12. The van der Waals surface area contributed by atoms with Crippen molar-refractivity contribution in [1.82, 2.24) is 5.32 Å². The Bertz CT molecular complexity index is 196. The molecule has 0 unspecified atom stereocenters. The monoisotopic (exact) mass is 295 g/mol. The van der Waals surface area contributed by atoms with Gasteiger partial charge in [0.05, 0.1) is 0 Å². The van der Waals surface area contributed by atoms with Gasteiger partial charge in [-0.2, -0.15) is 0 Å². The van der Waals surface area contributed by atoms with Crippen LogP contribution in [-0.2, 0) is 0 Å². The molecule has 1 heterocycles. The van der Waals surface area contributed by atoms with E-state index >= 15 is 0 Å². The number of nitrogens with one attached hydrogen (secondary N) is 1. The van der Waals surface area contributed by atoms with Crippen molar-refractivity contribution in [2.24, 2.45) is 5.92 Å². The molecule has 0 radical (unpaired) electrons. The van der Waals surface area contributed by atoms with E-state index in [2.05, 4.69) is 12.2 Å². The predicted octanol–water partition coefficient (Wildman–Crippen LogP) is 6.47. The Kier molecular flexibility index (Phi) is 13.5. The highest BCUT2D eigenvalue weighted by Crippen LogP contribution is 2.20. The Hall–Kier alpha value is -0.0400. The molecule has 1 aliphatic rings. The zero-order valence-electron chi connectivity index (χ0n) is 14.8. The van der Waals surface area contributed by atoms with Crippen molar-refractivity contribution in [1.29, 1.82) is 0 Å². The van der Waals surface area contributed by atoms with Gasteiger partial charge in [-0.3, -0.25) is 0 Å². The first-order valence-electron chi connectivity index (χ1n) is 10.1. The first kappa shape index (κ1) is 19.0. The molecular formula is C20H41N. The van der Waals surface area contributed by atoms with Gasteiger partial charge in [-0.15, -0.1) is 0 Å². The van der Waals surface area contributed by atoms with Gasteiger partial charge >= 0.3 is 0 Å². The second-order valence-corrected chi connectivity index (χ2v) is 7.22. The standard InChI is InChI=1S/C20H41N/c1-2-3-4-5-6-7-8-9-10-11-12-13-14-15-20-16-18-21-19-17-20/h20-21H,2-19H2,1H3. The van der Waals surface area contributed by atoms with Crippen LogP contribution in [-0.4, -0.2) is 13.1 Å². The molecule has 0 aromatic heterocycles. The van der Waals surface area contributed by atoms with Crippen LogP contribution >= 0.6 is 0 Å². The number of rotatable bonds is 14.